The van der Waals surface area contributed by atoms with Crippen LogP contribution in [0.5, 0.6) is 0 Å². The number of fused-ring (bicyclic) bond motifs is 1. The van der Waals surface area contributed by atoms with Crippen molar-refractivity contribution in [1.29, 1.82) is 0 Å². The molecule has 19 heavy (non-hydrogen) atoms. The SMILES string of the molecule is C[Si](C)(C)[C@@]12C[C@H]1CCN2C(=O)c1ccc(Br)cc1. The maximum absolute atomic E-state index is 12.8. The Morgan fingerprint density at radius 2 is 1.95 bits per heavy atom. The van der Waals surface area contributed by atoms with Gasteiger partial charge in [-0.05, 0) is 43.0 Å². The van der Waals surface area contributed by atoms with Crippen LogP contribution in [0, 0.1) is 5.92 Å². The quantitative estimate of drug-likeness (QED) is 0.748. The van der Waals surface area contributed by atoms with E-state index in [1.54, 1.807) is 0 Å². The number of amides is 1. The maximum Gasteiger partial charge on any atom is 0.254 e. The van der Waals surface area contributed by atoms with E-state index in [2.05, 4.69) is 40.5 Å². The first-order valence-corrected chi connectivity index (χ1v) is 11.2. The van der Waals surface area contributed by atoms with Gasteiger partial charge < -0.3 is 4.90 Å². The van der Waals surface area contributed by atoms with Crippen molar-refractivity contribution in [3.05, 3.63) is 34.3 Å². The number of halogens is 1. The summed E-state index contributed by atoms with van der Waals surface area (Å²) in [6.45, 7) is 8.16. The van der Waals surface area contributed by atoms with Crippen molar-refractivity contribution < 1.29 is 4.79 Å². The highest BCUT2D eigenvalue weighted by Gasteiger charge is 2.69. The van der Waals surface area contributed by atoms with Crippen molar-refractivity contribution in [2.45, 2.75) is 37.6 Å². The molecule has 1 aliphatic heterocycles. The molecule has 4 heteroatoms. The van der Waals surface area contributed by atoms with E-state index in [0.29, 0.717) is 0 Å². The molecule has 1 aliphatic carbocycles. The van der Waals surface area contributed by atoms with Crippen LogP contribution in [-0.4, -0.2) is 30.6 Å². The highest BCUT2D eigenvalue weighted by molar-refractivity contribution is 9.10. The molecule has 2 aliphatic rings. The van der Waals surface area contributed by atoms with Gasteiger partial charge in [-0.2, -0.15) is 0 Å². The zero-order valence-corrected chi connectivity index (χ0v) is 14.3. The Balaban J connectivity index is 1.90. The lowest BCUT2D eigenvalue weighted by molar-refractivity contribution is 0.0741. The monoisotopic (exact) mass is 337 g/mol. The molecule has 1 amide bonds. The van der Waals surface area contributed by atoms with Gasteiger partial charge in [0.2, 0.25) is 0 Å². The number of hydrogen-bond acceptors (Lipinski definition) is 1. The van der Waals surface area contributed by atoms with E-state index in [4.69, 9.17) is 0 Å². The summed E-state index contributed by atoms with van der Waals surface area (Å²) in [6.07, 6.45) is 2.44. The van der Waals surface area contributed by atoms with E-state index in [9.17, 15) is 4.79 Å². The predicted molar refractivity (Wildman–Crippen MR) is 84.0 cm³/mol. The summed E-state index contributed by atoms with van der Waals surface area (Å²) >= 11 is 3.42. The fourth-order valence-corrected chi connectivity index (χ4v) is 7.34. The predicted octanol–water partition coefficient (Wildman–Crippen LogP) is 3.93. The van der Waals surface area contributed by atoms with Crippen molar-refractivity contribution in [2.24, 2.45) is 5.92 Å². The molecule has 1 aromatic carbocycles. The standard InChI is InChI=1S/C15H20BrNOSi/c1-19(2,3)15-10-12(15)8-9-17(15)14(18)11-4-6-13(16)7-5-11/h4-7,12H,8-10H2,1-3H3/t12-,15+/m1/s1. The van der Waals surface area contributed by atoms with Crippen molar-refractivity contribution in [3.8, 4) is 0 Å². The van der Waals surface area contributed by atoms with E-state index in [-0.39, 0.29) is 11.1 Å². The minimum absolute atomic E-state index is 0.231. The first kappa shape index (κ1) is 13.4. The normalized spacial score (nSPS) is 29.3. The van der Waals surface area contributed by atoms with Crippen LogP contribution in [0.2, 0.25) is 19.6 Å². The second-order valence-electron chi connectivity index (χ2n) is 6.83. The number of hydrogen-bond donors (Lipinski definition) is 0. The second-order valence-corrected chi connectivity index (χ2v) is 13.1. The fourth-order valence-electron chi connectivity index (χ4n) is 3.83. The molecule has 0 spiro atoms. The van der Waals surface area contributed by atoms with E-state index in [1.807, 2.05) is 24.3 Å². The van der Waals surface area contributed by atoms with E-state index >= 15 is 0 Å². The number of piperidine rings is 1. The summed E-state index contributed by atoms with van der Waals surface area (Å²) in [4.78, 5) is 15.0. The maximum atomic E-state index is 12.8. The van der Waals surface area contributed by atoms with Gasteiger partial charge in [0.25, 0.3) is 5.91 Å². The lowest BCUT2D eigenvalue weighted by Gasteiger charge is -2.37. The summed E-state index contributed by atoms with van der Waals surface area (Å²) in [5.74, 6) is 1.01. The van der Waals surface area contributed by atoms with Crippen LogP contribution < -0.4 is 0 Å². The molecular formula is C15H20BrNOSi. The zero-order chi connectivity index (χ0) is 13.8. The minimum Gasteiger partial charge on any atom is -0.335 e. The van der Waals surface area contributed by atoms with Gasteiger partial charge in [-0.15, -0.1) is 0 Å². The number of carbonyl (C=O) groups is 1. The molecule has 1 saturated heterocycles. The van der Waals surface area contributed by atoms with Crippen LogP contribution in [0.15, 0.2) is 28.7 Å². The molecule has 2 fully saturated rings. The summed E-state index contributed by atoms with van der Waals surface area (Å²) in [6, 6.07) is 7.77. The van der Waals surface area contributed by atoms with Gasteiger partial charge in [-0.25, -0.2) is 0 Å². The van der Waals surface area contributed by atoms with Crippen molar-refractivity contribution in [1.82, 2.24) is 4.90 Å². The lowest BCUT2D eigenvalue weighted by atomic mass is 10.2. The highest BCUT2D eigenvalue weighted by atomic mass is 79.9. The van der Waals surface area contributed by atoms with Crippen LogP contribution in [0.3, 0.4) is 0 Å². The average molecular weight is 338 g/mol. The molecule has 1 aromatic rings. The van der Waals surface area contributed by atoms with Gasteiger partial charge in [-0.3, -0.25) is 4.79 Å². The molecule has 102 valence electrons. The topological polar surface area (TPSA) is 20.3 Å². The van der Waals surface area contributed by atoms with Crippen LogP contribution in [-0.2, 0) is 0 Å². The smallest absolute Gasteiger partial charge is 0.254 e. The fraction of sp³-hybridized carbons (Fsp3) is 0.533. The Kier molecular flexibility index (Phi) is 2.95. The third-order valence-electron chi connectivity index (χ3n) is 4.89. The largest absolute Gasteiger partial charge is 0.335 e. The van der Waals surface area contributed by atoms with Crippen LogP contribution in [0.1, 0.15) is 23.2 Å². The molecule has 0 radical (unpaired) electrons. The highest BCUT2D eigenvalue weighted by Crippen LogP contribution is 2.60. The summed E-state index contributed by atoms with van der Waals surface area (Å²) in [7, 11) is -1.35. The molecule has 0 N–H and O–H groups in total. The van der Waals surface area contributed by atoms with Gasteiger partial charge in [0, 0.05) is 21.7 Å². The molecule has 1 heterocycles. The van der Waals surface area contributed by atoms with Crippen molar-refractivity contribution in [3.63, 3.8) is 0 Å². The van der Waals surface area contributed by atoms with Gasteiger partial charge in [0.05, 0.1) is 8.07 Å². The van der Waals surface area contributed by atoms with Crippen molar-refractivity contribution in [2.75, 3.05) is 6.54 Å². The Labute approximate surface area is 124 Å². The molecule has 1 saturated carbocycles. The summed E-state index contributed by atoms with van der Waals surface area (Å²) in [5, 5.41) is 0.247. The number of carbonyl (C=O) groups excluding carboxylic acids is 1. The third-order valence-corrected chi connectivity index (χ3v) is 8.90. The molecule has 0 aromatic heterocycles. The first-order chi connectivity index (χ1) is 8.86. The third kappa shape index (κ3) is 1.91. The van der Waals surface area contributed by atoms with Gasteiger partial charge >= 0.3 is 0 Å². The van der Waals surface area contributed by atoms with Crippen molar-refractivity contribution >= 4 is 29.9 Å². The van der Waals surface area contributed by atoms with E-state index < -0.39 is 8.07 Å². The number of likely N-dealkylation sites (tertiary alicyclic amines) is 1. The molecular weight excluding hydrogens is 318 g/mol. The minimum atomic E-state index is -1.35. The zero-order valence-electron chi connectivity index (χ0n) is 11.7. The number of nitrogens with zero attached hydrogens (tertiary/aromatic N) is 1. The first-order valence-electron chi connectivity index (χ1n) is 6.94. The number of benzene rings is 1. The molecule has 0 bridgehead atoms. The van der Waals surface area contributed by atoms with E-state index in [0.717, 1.165) is 22.5 Å². The molecule has 2 nitrogen and oxygen atoms in total. The van der Waals surface area contributed by atoms with Gasteiger partial charge in [0.15, 0.2) is 0 Å². The van der Waals surface area contributed by atoms with Crippen LogP contribution >= 0.6 is 15.9 Å². The van der Waals surface area contributed by atoms with Gasteiger partial charge in [0.1, 0.15) is 0 Å². The Hall–Kier alpha value is -0.613. The Morgan fingerprint density at radius 3 is 2.47 bits per heavy atom. The molecule has 3 rings (SSSR count). The number of rotatable bonds is 2. The lowest BCUT2D eigenvalue weighted by Crippen LogP contribution is -2.54. The molecule has 0 unspecified atom stereocenters. The Morgan fingerprint density at radius 1 is 1.32 bits per heavy atom. The van der Waals surface area contributed by atoms with E-state index in [1.165, 1.54) is 12.8 Å². The average Bonchev–Trinajstić information content (AvgIpc) is 2.97. The summed E-state index contributed by atoms with van der Waals surface area (Å²) in [5.41, 5.74) is 0.827. The second kappa shape index (κ2) is 4.19. The van der Waals surface area contributed by atoms with Crippen LogP contribution in [0.4, 0.5) is 0 Å². The van der Waals surface area contributed by atoms with Crippen LogP contribution in [0.25, 0.3) is 0 Å². The summed E-state index contributed by atoms with van der Waals surface area (Å²) < 4.78 is 1.02. The Bertz CT molecular complexity index is 522. The van der Waals surface area contributed by atoms with Gasteiger partial charge in [-0.1, -0.05) is 35.6 Å². The molecule has 2 atom stereocenters.